The highest BCUT2D eigenvalue weighted by Gasteiger charge is 2.24. The predicted molar refractivity (Wildman–Crippen MR) is 101 cm³/mol. The van der Waals surface area contributed by atoms with Crippen molar-refractivity contribution in [2.45, 2.75) is 59.8 Å². The lowest BCUT2D eigenvalue weighted by Crippen LogP contribution is -2.16. The Balaban J connectivity index is 2.52. The molecule has 0 N–H and O–H groups in total. The van der Waals surface area contributed by atoms with E-state index in [1.54, 1.807) is 10.7 Å². The number of unbranched alkanes of at least 4 members (excludes halogenated alkanes) is 1. The summed E-state index contributed by atoms with van der Waals surface area (Å²) in [5, 5.41) is 4.63. The van der Waals surface area contributed by atoms with Crippen molar-refractivity contribution in [3.05, 3.63) is 41.1 Å². The van der Waals surface area contributed by atoms with Gasteiger partial charge in [-0.05, 0) is 31.9 Å². The second-order valence-corrected chi connectivity index (χ2v) is 9.21. The summed E-state index contributed by atoms with van der Waals surface area (Å²) < 4.78 is 31.6. The molecule has 0 spiro atoms. The zero-order valence-electron chi connectivity index (χ0n) is 16.0. The molecule has 0 aliphatic rings. The van der Waals surface area contributed by atoms with Crippen LogP contribution in [-0.2, 0) is 15.5 Å². The van der Waals surface area contributed by atoms with Crippen LogP contribution in [0.15, 0.2) is 24.3 Å². The first kappa shape index (κ1) is 19.5. The smallest absolute Gasteiger partial charge is 0.310 e. The Kier molecular flexibility index (Phi) is 5.62. The van der Waals surface area contributed by atoms with Gasteiger partial charge in [0.25, 0.3) is 0 Å². The standard InChI is InChI=1S/C19H28N2O3S/c1-7-8-11-25(22,23)24-18-13-17(19(4,5)6)20-21(18)16-10-9-14(2)12-15(16)3/h9-10,12-13H,7-8,11H2,1-6H3. The van der Waals surface area contributed by atoms with Crippen LogP contribution in [0.25, 0.3) is 5.69 Å². The second-order valence-electron chi connectivity index (χ2n) is 7.52. The molecule has 0 aliphatic carbocycles. The number of nitrogens with zero attached hydrogens (tertiary/aromatic N) is 2. The van der Waals surface area contributed by atoms with Gasteiger partial charge in [-0.1, -0.05) is 51.8 Å². The van der Waals surface area contributed by atoms with Gasteiger partial charge in [0.05, 0.1) is 17.1 Å². The van der Waals surface area contributed by atoms with Gasteiger partial charge in [-0.15, -0.1) is 0 Å². The van der Waals surface area contributed by atoms with Gasteiger partial charge in [0.2, 0.25) is 5.88 Å². The fourth-order valence-electron chi connectivity index (χ4n) is 2.50. The summed E-state index contributed by atoms with van der Waals surface area (Å²) in [4.78, 5) is 0. The molecule has 1 heterocycles. The number of hydrogen-bond donors (Lipinski definition) is 0. The maximum absolute atomic E-state index is 12.3. The maximum Gasteiger partial charge on any atom is 0.310 e. The molecule has 0 radical (unpaired) electrons. The monoisotopic (exact) mass is 364 g/mol. The van der Waals surface area contributed by atoms with Gasteiger partial charge >= 0.3 is 10.1 Å². The van der Waals surface area contributed by atoms with Crippen molar-refractivity contribution >= 4 is 10.1 Å². The van der Waals surface area contributed by atoms with Crippen molar-refractivity contribution in [1.29, 1.82) is 0 Å². The minimum Gasteiger partial charge on any atom is -0.361 e. The predicted octanol–water partition coefficient (Wildman–Crippen LogP) is 4.30. The van der Waals surface area contributed by atoms with Gasteiger partial charge in [-0.3, -0.25) is 0 Å². The van der Waals surface area contributed by atoms with E-state index in [-0.39, 0.29) is 17.0 Å². The zero-order valence-corrected chi connectivity index (χ0v) is 16.8. The number of benzene rings is 1. The lowest BCUT2D eigenvalue weighted by atomic mass is 9.93. The molecule has 138 valence electrons. The van der Waals surface area contributed by atoms with Crippen molar-refractivity contribution in [3.63, 3.8) is 0 Å². The van der Waals surface area contributed by atoms with Crippen LogP contribution >= 0.6 is 0 Å². The summed E-state index contributed by atoms with van der Waals surface area (Å²) in [6, 6.07) is 7.69. The van der Waals surface area contributed by atoms with E-state index < -0.39 is 10.1 Å². The third kappa shape index (κ3) is 4.84. The molecule has 6 heteroatoms. The molecule has 0 fully saturated rings. The summed E-state index contributed by atoms with van der Waals surface area (Å²) in [5.74, 6) is 0.250. The highest BCUT2D eigenvalue weighted by molar-refractivity contribution is 7.87. The van der Waals surface area contributed by atoms with E-state index in [4.69, 9.17) is 4.18 Å². The van der Waals surface area contributed by atoms with E-state index in [1.165, 1.54) is 0 Å². The van der Waals surface area contributed by atoms with Crippen molar-refractivity contribution in [2.24, 2.45) is 0 Å². The van der Waals surface area contributed by atoms with Gasteiger partial charge in [0, 0.05) is 11.5 Å². The molecule has 0 bridgehead atoms. The lowest BCUT2D eigenvalue weighted by Gasteiger charge is -2.14. The number of rotatable bonds is 6. The highest BCUT2D eigenvalue weighted by Crippen LogP contribution is 2.29. The molecule has 1 aromatic carbocycles. The first-order valence-corrected chi connectivity index (χ1v) is 10.2. The van der Waals surface area contributed by atoms with Crippen LogP contribution in [0.1, 0.15) is 57.4 Å². The average molecular weight is 365 g/mol. The molecule has 0 atom stereocenters. The molecule has 0 aliphatic heterocycles. The molecule has 5 nitrogen and oxygen atoms in total. The first-order chi connectivity index (χ1) is 11.5. The topological polar surface area (TPSA) is 61.2 Å². The zero-order chi connectivity index (χ0) is 18.8. The molecular formula is C19H28N2O3S. The maximum atomic E-state index is 12.3. The summed E-state index contributed by atoms with van der Waals surface area (Å²) in [6.45, 7) is 12.1. The van der Waals surface area contributed by atoms with Gasteiger partial charge in [0.15, 0.2) is 0 Å². The molecule has 2 rings (SSSR count). The quantitative estimate of drug-likeness (QED) is 0.717. The number of aromatic nitrogens is 2. The van der Waals surface area contributed by atoms with E-state index in [0.29, 0.717) is 6.42 Å². The van der Waals surface area contributed by atoms with Gasteiger partial charge in [-0.25, -0.2) is 0 Å². The fraction of sp³-hybridized carbons (Fsp3) is 0.526. The largest absolute Gasteiger partial charge is 0.361 e. The molecule has 0 amide bonds. The number of hydrogen-bond acceptors (Lipinski definition) is 4. The first-order valence-electron chi connectivity index (χ1n) is 8.64. The SMILES string of the molecule is CCCCS(=O)(=O)Oc1cc(C(C)(C)C)nn1-c1ccc(C)cc1C. The van der Waals surface area contributed by atoms with Gasteiger partial charge in [-0.2, -0.15) is 18.2 Å². The summed E-state index contributed by atoms with van der Waals surface area (Å²) in [6.07, 6.45) is 1.37. The molecule has 0 saturated heterocycles. The van der Waals surface area contributed by atoms with Crippen molar-refractivity contribution < 1.29 is 12.6 Å². The third-order valence-corrected chi connectivity index (χ3v) is 5.20. The van der Waals surface area contributed by atoms with Crippen LogP contribution in [0.5, 0.6) is 5.88 Å². The Bertz CT molecular complexity index is 846. The van der Waals surface area contributed by atoms with E-state index in [1.807, 2.05) is 59.7 Å². The summed E-state index contributed by atoms with van der Waals surface area (Å²) in [5.41, 5.74) is 3.55. The summed E-state index contributed by atoms with van der Waals surface area (Å²) >= 11 is 0. The third-order valence-electron chi connectivity index (χ3n) is 3.99. The van der Waals surface area contributed by atoms with Crippen molar-refractivity contribution in [3.8, 4) is 11.6 Å². The fourth-order valence-corrected chi connectivity index (χ4v) is 3.60. The van der Waals surface area contributed by atoms with Crippen LogP contribution in [0.2, 0.25) is 0 Å². The lowest BCUT2D eigenvalue weighted by molar-refractivity contribution is 0.462. The van der Waals surface area contributed by atoms with Crippen molar-refractivity contribution in [1.82, 2.24) is 9.78 Å². The normalized spacial score (nSPS) is 12.4. The van der Waals surface area contributed by atoms with E-state index in [0.717, 1.165) is 28.9 Å². The van der Waals surface area contributed by atoms with Gasteiger partial charge in [0.1, 0.15) is 0 Å². The van der Waals surface area contributed by atoms with Gasteiger partial charge < -0.3 is 4.18 Å². The molecule has 2 aromatic rings. The van der Waals surface area contributed by atoms with E-state index in [9.17, 15) is 8.42 Å². The Labute approximate surface area is 151 Å². The minimum atomic E-state index is -3.64. The minimum absolute atomic E-state index is 0.00636. The van der Waals surface area contributed by atoms with Crippen molar-refractivity contribution in [2.75, 3.05) is 5.75 Å². The molecule has 25 heavy (non-hydrogen) atoms. The Morgan fingerprint density at radius 1 is 1.16 bits per heavy atom. The van der Waals surface area contributed by atoms with Crippen LogP contribution in [0, 0.1) is 13.8 Å². The Morgan fingerprint density at radius 3 is 2.40 bits per heavy atom. The van der Waals surface area contributed by atoms with E-state index >= 15 is 0 Å². The Hall–Kier alpha value is -1.82. The molecule has 0 unspecified atom stereocenters. The molecule has 1 aromatic heterocycles. The summed E-state index contributed by atoms with van der Waals surface area (Å²) in [7, 11) is -3.64. The second kappa shape index (κ2) is 7.20. The molecular weight excluding hydrogens is 336 g/mol. The average Bonchev–Trinajstić information content (AvgIpc) is 2.88. The number of aryl methyl sites for hydroxylation is 2. The highest BCUT2D eigenvalue weighted by atomic mass is 32.2. The van der Waals surface area contributed by atoms with Crippen LogP contribution in [0.3, 0.4) is 0 Å². The van der Waals surface area contributed by atoms with Crippen LogP contribution in [-0.4, -0.2) is 24.0 Å². The molecule has 0 saturated carbocycles. The van der Waals surface area contributed by atoms with Crippen LogP contribution in [0.4, 0.5) is 0 Å². The van der Waals surface area contributed by atoms with Crippen LogP contribution < -0.4 is 4.18 Å². The Morgan fingerprint density at radius 2 is 1.84 bits per heavy atom. The van der Waals surface area contributed by atoms with E-state index in [2.05, 4.69) is 5.10 Å².